The Balaban J connectivity index is 2.26. The van der Waals surface area contributed by atoms with Gasteiger partial charge in [-0.25, -0.2) is 4.98 Å². The molecule has 0 spiro atoms. The highest BCUT2D eigenvalue weighted by Gasteiger charge is 2.10. The lowest BCUT2D eigenvalue weighted by atomic mass is 9.98. The lowest BCUT2D eigenvalue weighted by molar-refractivity contribution is 0.452. The number of nitrogens with zero attached hydrogens (tertiary/aromatic N) is 1. The van der Waals surface area contributed by atoms with Crippen molar-refractivity contribution < 1.29 is 4.74 Å². The van der Waals surface area contributed by atoms with E-state index in [0.717, 1.165) is 12.2 Å². The quantitative estimate of drug-likeness (QED) is 0.769. The van der Waals surface area contributed by atoms with Crippen molar-refractivity contribution in [3.05, 3.63) is 53.2 Å². The molecule has 0 amide bonds. The zero-order chi connectivity index (χ0) is 13.0. The lowest BCUT2D eigenvalue weighted by Crippen LogP contribution is -1.96. The fraction of sp³-hybridized carbons (Fsp3) is 0.267. The zero-order valence-corrected chi connectivity index (χ0v) is 11.3. The first-order chi connectivity index (χ1) is 8.70. The molecule has 1 aromatic heterocycles. The molecule has 0 aliphatic heterocycles. The summed E-state index contributed by atoms with van der Waals surface area (Å²) >= 11 is 5.80. The normalized spacial score (nSPS) is 12.2. The molecule has 1 heterocycles. The smallest absolute Gasteiger partial charge is 0.219 e. The second-order valence-electron chi connectivity index (χ2n) is 4.26. The number of benzene rings is 1. The summed E-state index contributed by atoms with van der Waals surface area (Å²) in [6.07, 6.45) is 2.66. The Morgan fingerprint density at radius 3 is 2.67 bits per heavy atom. The summed E-state index contributed by atoms with van der Waals surface area (Å²) in [5, 5.41) is 0.609. The minimum atomic E-state index is 0.466. The van der Waals surface area contributed by atoms with Crippen LogP contribution < -0.4 is 4.74 Å². The van der Waals surface area contributed by atoms with Gasteiger partial charge in [-0.05, 0) is 30.0 Å². The van der Waals surface area contributed by atoms with Gasteiger partial charge >= 0.3 is 0 Å². The summed E-state index contributed by atoms with van der Waals surface area (Å²) in [5.41, 5.74) is 1.21. The molecule has 2 rings (SSSR count). The van der Waals surface area contributed by atoms with Crippen LogP contribution in [-0.2, 0) is 0 Å². The van der Waals surface area contributed by atoms with Gasteiger partial charge in [-0.3, -0.25) is 0 Å². The van der Waals surface area contributed by atoms with Gasteiger partial charge in [-0.1, -0.05) is 43.6 Å². The molecule has 2 nitrogen and oxygen atoms in total. The van der Waals surface area contributed by atoms with Crippen molar-refractivity contribution in [1.29, 1.82) is 0 Å². The molecule has 0 bridgehead atoms. The van der Waals surface area contributed by atoms with Crippen molar-refractivity contribution in [3.8, 4) is 11.6 Å². The van der Waals surface area contributed by atoms with E-state index in [-0.39, 0.29) is 0 Å². The van der Waals surface area contributed by atoms with Crippen LogP contribution in [0, 0.1) is 0 Å². The van der Waals surface area contributed by atoms with Crippen LogP contribution in [0.25, 0.3) is 0 Å². The summed E-state index contributed by atoms with van der Waals surface area (Å²) in [5.74, 6) is 1.89. The summed E-state index contributed by atoms with van der Waals surface area (Å²) in [6.45, 7) is 4.36. The van der Waals surface area contributed by atoms with Gasteiger partial charge in [-0.15, -0.1) is 0 Å². The molecule has 0 saturated heterocycles. The van der Waals surface area contributed by atoms with Crippen LogP contribution in [-0.4, -0.2) is 4.98 Å². The molecule has 1 atom stereocenters. The van der Waals surface area contributed by atoms with E-state index < -0.39 is 0 Å². The highest BCUT2D eigenvalue weighted by atomic mass is 35.5. The summed E-state index contributed by atoms with van der Waals surface area (Å²) in [4.78, 5) is 4.15. The Labute approximate surface area is 113 Å². The van der Waals surface area contributed by atoms with Crippen LogP contribution in [0.15, 0.2) is 42.6 Å². The molecule has 1 aromatic carbocycles. The third-order valence-electron chi connectivity index (χ3n) is 2.98. The van der Waals surface area contributed by atoms with Crippen molar-refractivity contribution in [3.63, 3.8) is 0 Å². The van der Waals surface area contributed by atoms with E-state index in [1.807, 2.05) is 18.2 Å². The topological polar surface area (TPSA) is 22.1 Å². The maximum Gasteiger partial charge on any atom is 0.219 e. The molecule has 18 heavy (non-hydrogen) atoms. The molecule has 0 aliphatic carbocycles. The molecule has 3 heteroatoms. The fourth-order valence-corrected chi connectivity index (χ4v) is 1.85. The van der Waals surface area contributed by atoms with Gasteiger partial charge in [0.15, 0.2) is 0 Å². The Morgan fingerprint density at radius 1 is 1.22 bits per heavy atom. The number of pyridine rings is 1. The summed E-state index contributed by atoms with van der Waals surface area (Å²) < 4.78 is 5.82. The number of halogens is 1. The number of rotatable bonds is 4. The standard InChI is InChI=1S/C15H16ClNO/c1-3-11(2)13-6-4-5-7-14(13)18-15-9-8-12(16)10-17-15/h4-11H,3H2,1-2H3. The second-order valence-corrected chi connectivity index (χ2v) is 4.70. The van der Waals surface area contributed by atoms with E-state index in [0.29, 0.717) is 16.8 Å². The lowest BCUT2D eigenvalue weighted by Gasteiger charge is -2.14. The Bertz CT molecular complexity index is 510. The molecular formula is C15H16ClNO. The van der Waals surface area contributed by atoms with E-state index in [9.17, 15) is 0 Å². The Morgan fingerprint density at radius 2 is 2.00 bits per heavy atom. The van der Waals surface area contributed by atoms with Gasteiger partial charge in [0, 0.05) is 12.3 Å². The number of hydrogen-bond acceptors (Lipinski definition) is 2. The summed E-state index contributed by atoms with van der Waals surface area (Å²) in [6, 6.07) is 11.6. The van der Waals surface area contributed by atoms with Gasteiger partial charge in [-0.2, -0.15) is 0 Å². The van der Waals surface area contributed by atoms with Crippen molar-refractivity contribution in [2.24, 2.45) is 0 Å². The first kappa shape index (κ1) is 12.9. The van der Waals surface area contributed by atoms with Crippen LogP contribution >= 0.6 is 11.6 Å². The van der Waals surface area contributed by atoms with Crippen LogP contribution in [0.3, 0.4) is 0 Å². The third-order valence-corrected chi connectivity index (χ3v) is 3.20. The van der Waals surface area contributed by atoms with Gasteiger partial charge in [0.1, 0.15) is 5.75 Å². The molecule has 2 aromatic rings. The van der Waals surface area contributed by atoms with Gasteiger partial charge in [0.05, 0.1) is 5.02 Å². The molecule has 94 valence electrons. The van der Waals surface area contributed by atoms with Crippen LogP contribution in [0.1, 0.15) is 31.7 Å². The predicted octanol–water partition coefficient (Wildman–Crippen LogP) is 5.04. The van der Waals surface area contributed by atoms with Crippen molar-refractivity contribution >= 4 is 11.6 Å². The average molecular weight is 262 g/mol. The van der Waals surface area contributed by atoms with Crippen LogP contribution in [0.5, 0.6) is 11.6 Å². The molecule has 0 N–H and O–H groups in total. The maximum atomic E-state index is 5.82. The van der Waals surface area contributed by atoms with Crippen molar-refractivity contribution in [2.45, 2.75) is 26.2 Å². The minimum absolute atomic E-state index is 0.466. The maximum absolute atomic E-state index is 5.82. The van der Waals surface area contributed by atoms with Gasteiger partial charge in [0.25, 0.3) is 0 Å². The predicted molar refractivity (Wildman–Crippen MR) is 74.5 cm³/mol. The van der Waals surface area contributed by atoms with E-state index in [1.54, 1.807) is 18.3 Å². The van der Waals surface area contributed by atoms with Crippen LogP contribution in [0.4, 0.5) is 0 Å². The Kier molecular flexibility index (Phi) is 4.21. The molecular weight excluding hydrogens is 246 g/mol. The van der Waals surface area contributed by atoms with Crippen molar-refractivity contribution in [2.75, 3.05) is 0 Å². The minimum Gasteiger partial charge on any atom is -0.439 e. The number of para-hydroxylation sites is 1. The largest absolute Gasteiger partial charge is 0.439 e. The molecule has 1 unspecified atom stereocenters. The van der Waals surface area contributed by atoms with Crippen molar-refractivity contribution in [1.82, 2.24) is 4.98 Å². The molecule has 0 radical (unpaired) electrons. The SMILES string of the molecule is CCC(C)c1ccccc1Oc1ccc(Cl)cn1. The second kappa shape index (κ2) is 5.87. The fourth-order valence-electron chi connectivity index (χ4n) is 1.74. The third kappa shape index (κ3) is 3.02. The van der Waals surface area contributed by atoms with Crippen LogP contribution in [0.2, 0.25) is 5.02 Å². The first-order valence-electron chi connectivity index (χ1n) is 6.09. The van der Waals surface area contributed by atoms with Gasteiger partial charge in [0.2, 0.25) is 5.88 Å². The highest BCUT2D eigenvalue weighted by Crippen LogP contribution is 2.31. The van der Waals surface area contributed by atoms with E-state index in [4.69, 9.17) is 16.3 Å². The Hall–Kier alpha value is -1.54. The zero-order valence-electron chi connectivity index (χ0n) is 10.6. The van der Waals surface area contributed by atoms with E-state index in [2.05, 4.69) is 24.9 Å². The molecule has 0 saturated carbocycles. The number of hydrogen-bond donors (Lipinski definition) is 0. The van der Waals surface area contributed by atoms with E-state index in [1.165, 1.54) is 5.56 Å². The first-order valence-corrected chi connectivity index (χ1v) is 6.47. The number of aromatic nitrogens is 1. The van der Waals surface area contributed by atoms with E-state index >= 15 is 0 Å². The monoisotopic (exact) mass is 261 g/mol. The average Bonchev–Trinajstić information content (AvgIpc) is 2.41. The highest BCUT2D eigenvalue weighted by molar-refractivity contribution is 6.30. The molecule has 0 aliphatic rings. The number of ether oxygens (including phenoxy) is 1. The summed E-state index contributed by atoms with van der Waals surface area (Å²) in [7, 11) is 0. The van der Waals surface area contributed by atoms with Gasteiger partial charge < -0.3 is 4.74 Å². The molecule has 0 fully saturated rings.